The van der Waals surface area contributed by atoms with Gasteiger partial charge in [-0.2, -0.15) is 5.10 Å². The zero-order valence-corrected chi connectivity index (χ0v) is 10.6. The molecule has 1 N–H and O–H groups in total. The van der Waals surface area contributed by atoms with Gasteiger partial charge in [-0.05, 0) is 24.1 Å². The highest BCUT2D eigenvalue weighted by Gasteiger charge is 2.20. The second-order valence-corrected chi connectivity index (χ2v) is 5.02. The van der Waals surface area contributed by atoms with E-state index in [4.69, 9.17) is 0 Å². The number of halogens is 1. The molecule has 0 saturated carbocycles. The van der Waals surface area contributed by atoms with E-state index in [2.05, 4.69) is 10.1 Å². The fourth-order valence-corrected chi connectivity index (χ4v) is 2.48. The van der Waals surface area contributed by atoms with Gasteiger partial charge in [-0.1, -0.05) is 12.1 Å². The van der Waals surface area contributed by atoms with Crippen molar-refractivity contribution < 1.29 is 9.50 Å². The molecule has 2 heterocycles. The fourth-order valence-electron chi connectivity index (χ4n) is 2.48. The minimum atomic E-state index is -0.234. The molecule has 3 rings (SSSR count). The summed E-state index contributed by atoms with van der Waals surface area (Å²) in [6.45, 7) is 0.917. The molecule has 100 valence electrons. The summed E-state index contributed by atoms with van der Waals surface area (Å²) in [6, 6.07) is 6.51. The zero-order chi connectivity index (χ0) is 13.2. The number of aliphatic hydroxyl groups is 1. The van der Waals surface area contributed by atoms with Crippen LogP contribution < -0.4 is 0 Å². The number of rotatable bonds is 3. The number of aromatic nitrogens is 3. The van der Waals surface area contributed by atoms with Gasteiger partial charge in [-0.15, -0.1) is 0 Å². The number of nitrogens with zero attached hydrogens (tertiary/aromatic N) is 3. The number of fused-ring (bicyclic) bond motifs is 1. The Morgan fingerprint density at radius 2 is 2.32 bits per heavy atom. The van der Waals surface area contributed by atoms with Crippen molar-refractivity contribution in [2.45, 2.75) is 25.8 Å². The monoisotopic (exact) mass is 261 g/mol. The number of benzene rings is 1. The van der Waals surface area contributed by atoms with Gasteiger partial charge in [0, 0.05) is 31.9 Å². The third kappa shape index (κ3) is 2.66. The molecule has 1 atom stereocenters. The smallest absolute Gasteiger partial charge is 0.155 e. The van der Waals surface area contributed by atoms with Crippen LogP contribution in [0.1, 0.15) is 23.6 Å². The molecular formula is C14H16FN3O. The van der Waals surface area contributed by atoms with E-state index in [-0.39, 0.29) is 18.3 Å². The third-order valence-corrected chi connectivity index (χ3v) is 3.51. The maximum absolute atomic E-state index is 13.1. The summed E-state index contributed by atoms with van der Waals surface area (Å²) in [5.41, 5.74) is 0.877. The second-order valence-electron chi connectivity index (χ2n) is 5.02. The Balaban J connectivity index is 1.78. The first kappa shape index (κ1) is 12.3. The van der Waals surface area contributed by atoms with Crippen molar-refractivity contribution in [2.24, 2.45) is 5.92 Å². The molecule has 0 amide bonds. The topological polar surface area (TPSA) is 50.9 Å². The number of aliphatic hydroxyl groups excluding tert-OH is 1. The molecule has 1 aromatic carbocycles. The fraction of sp³-hybridized carbons (Fsp3) is 0.429. The molecule has 0 radical (unpaired) electrons. The van der Waals surface area contributed by atoms with Crippen molar-refractivity contribution in [3.8, 4) is 0 Å². The van der Waals surface area contributed by atoms with Gasteiger partial charge in [0.1, 0.15) is 11.6 Å². The lowest BCUT2D eigenvalue weighted by Crippen LogP contribution is -2.23. The highest BCUT2D eigenvalue weighted by Crippen LogP contribution is 2.18. The summed E-state index contributed by atoms with van der Waals surface area (Å²) >= 11 is 0. The van der Waals surface area contributed by atoms with Crippen LogP contribution in [0.25, 0.3) is 0 Å². The van der Waals surface area contributed by atoms with E-state index in [9.17, 15) is 9.50 Å². The Morgan fingerprint density at radius 1 is 1.42 bits per heavy atom. The molecule has 5 heteroatoms. The molecule has 0 aliphatic carbocycles. The maximum atomic E-state index is 13.1. The molecule has 1 unspecified atom stereocenters. The lowest BCUT2D eigenvalue weighted by Gasteiger charge is -2.19. The predicted molar refractivity (Wildman–Crippen MR) is 68.1 cm³/mol. The Kier molecular flexibility index (Phi) is 3.29. The highest BCUT2D eigenvalue weighted by atomic mass is 19.1. The van der Waals surface area contributed by atoms with E-state index in [0.717, 1.165) is 36.6 Å². The Hall–Kier alpha value is -1.75. The summed E-state index contributed by atoms with van der Waals surface area (Å²) < 4.78 is 15.0. The average molecular weight is 261 g/mol. The largest absolute Gasteiger partial charge is 0.396 e. The quantitative estimate of drug-likeness (QED) is 0.912. The van der Waals surface area contributed by atoms with E-state index in [0.29, 0.717) is 6.42 Å². The molecular weight excluding hydrogens is 245 g/mol. The van der Waals surface area contributed by atoms with Gasteiger partial charge in [-0.3, -0.25) is 0 Å². The van der Waals surface area contributed by atoms with Crippen molar-refractivity contribution in [1.82, 2.24) is 14.8 Å². The molecule has 4 nitrogen and oxygen atoms in total. The van der Waals surface area contributed by atoms with Crippen molar-refractivity contribution in [3.05, 3.63) is 47.3 Å². The lowest BCUT2D eigenvalue weighted by atomic mass is 10.0. The lowest BCUT2D eigenvalue weighted by molar-refractivity contribution is 0.185. The van der Waals surface area contributed by atoms with E-state index in [1.807, 2.05) is 10.7 Å². The molecule has 2 aromatic rings. The normalized spacial score (nSPS) is 18.3. The van der Waals surface area contributed by atoms with Crippen LogP contribution in [0.15, 0.2) is 24.3 Å². The van der Waals surface area contributed by atoms with Crippen LogP contribution in [0.5, 0.6) is 0 Å². The van der Waals surface area contributed by atoms with Crippen LogP contribution in [-0.2, 0) is 19.4 Å². The first-order valence-electron chi connectivity index (χ1n) is 6.52. The Labute approximate surface area is 110 Å². The summed E-state index contributed by atoms with van der Waals surface area (Å²) in [4.78, 5) is 4.49. The maximum Gasteiger partial charge on any atom is 0.155 e. The molecule has 1 aliphatic rings. The van der Waals surface area contributed by atoms with E-state index in [1.54, 1.807) is 6.07 Å². The Bertz CT molecular complexity index is 582. The SMILES string of the molecule is OCC1CCc2nc(Cc3cccc(F)c3)nn2C1. The van der Waals surface area contributed by atoms with E-state index >= 15 is 0 Å². The van der Waals surface area contributed by atoms with Gasteiger partial charge >= 0.3 is 0 Å². The molecule has 1 aromatic heterocycles. The summed E-state index contributed by atoms with van der Waals surface area (Å²) in [7, 11) is 0. The molecule has 0 bridgehead atoms. The van der Waals surface area contributed by atoms with Crippen molar-refractivity contribution >= 4 is 0 Å². The van der Waals surface area contributed by atoms with Crippen LogP contribution in [0, 0.1) is 11.7 Å². The van der Waals surface area contributed by atoms with Crippen molar-refractivity contribution in [3.63, 3.8) is 0 Å². The second kappa shape index (κ2) is 5.09. The first-order chi connectivity index (χ1) is 9.24. The van der Waals surface area contributed by atoms with Gasteiger partial charge in [0.2, 0.25) is 0 Å². The molecule has 0 saturated heterocycles. The summed E-state index contributed by atoms with van der Waals surface area (Å²) in [6.07, 6.45) is 2.34. The third-order valence-electron chi connectivity index (χ3n) is 3.51. The van der Waals surface area contributed by atoms with Crippen molar-refractivity contribution in [1.29, 1.82) is 0 Å². The van der Waals surface area contributed by atoms with Gasteiger partial charge in [0.15, 0.2) is 5.82 Å². The molecule has 19 heavy (non-hydrogen) atoms. The van der Waals surface area contributed by atoms with Crippen molar-refractivity contribution in [2.75, 3.05) is 6.61 Å². The number of hydrogen-bond acceptors (Lipinski definition) is 3. The molecule has 0 fully saturated rings. The molecule has 1 aliphatic heterocycles. The summed E-state index contributed by atoms with van der Waals surface area (Å²) in [5.74, 6) is 1.73. The predicted octanol–water partition coefficient (Wildman–Crippen LogP) is 1.56. The standard InChI is InChI=1S/C14H16FN3O/c15-12-3-1-2-10(6-12)7-13-16-14-5-4-11(9-19)8-18(14)17-13/h1-3,6,11,19H,4-5,7-9H2. The van der Waals surface area contributed by atoms with Crippen LogP contribution >= 0.6 is 0 Å². The van der Waals surface area contributed by atoms with Gasteiger partial charge in [0.05, 0.1) is 0 Å². The van der Waals surface area contributed by atoms with E-state index in [1.165, 1.54) is 12.1 Å². The van der Waals surface area contributed by atoms with Crippen LogP contribution in [0.2, 0.25) is 0 Å². The minimum absolute atomic E-state index is 0.193. The van der Waals surface area contributed by atoms with Crippen LogP contribution in [0.3, 0.4) is 0 Å². The summed E-state index contributed by atoms with van der Waals surface area (Å²) in [5, 5.41) is 13.6. The van der Waals surface area contributed by atoms with E-state index < -0.39 is 0 Å². The van der Waals surface area contributed by atoms with Crippen LogP contribution in [-0.4, -0.2) is 26.5 Å². The first-order valence-corrected chi connectivity index (χ1v) is 6.52. The molecule has 0 spiro atoms. The Morgan fingerprint density at radius 3 is 3.11 bits per heavy atom. The average Bonchev–Trinajstić information content (AvgIpc) is 2.79. The zero-order valence-electron chi connectivity index (χ0n) is 10.6. The van der Waals surface area contributed by atoms with Gasteiger partial charge < -0.3 is 5.11 Å². The van der Waals surface area contributed by atoms with Crippen LogP contribution in [0.4, 0.5) is 4.39 Å². The van der Waals surface area contributed by atoms with Gasteiger partial charge in [0.25, 0.3) is 0 Å². The highest BCUT2D eigenvalue weighted by molar-refractivity contribution is 5.20. The number of aryl methyl sites for hydroxylation is 1. The van der Waals surface area contributed by atoms with Gasteiger partial charge in [-0.25, -0.2) is 14.1 Å². The number of hydrogen-bond donors (Lipinski definition) is 1. The minimum Gasteiger partial charge on any atom is -0.396 e.